The molecule has 0 radical (unpaired) electrons. The average molecular weight is 283 g/mol. The summed E-state index contributed by atoms with van der Waals surface area (Å²) < 4.78 is 11.2. The summed E-state index contributed by atoms with van der Waals surface area (Å²) >= 11 is 0. The summed E-state index contributed by atoms with van der Waals surface area (Å²) in [4.78, 5) is 25.5. The fraction of sp³-hybridized carbons (Fsp3) is 0.867. The van der Waals surface area contributed by atoms with Gasteiger partial charge in [0.05, 0.1) is 5.60 Å². The maximum atomic E-state index is 12.2. The summed E-state index contributed by atoms with van der Waals surface area (Å²) in [5.74, 6) is 0.156. The molecular weight excluding hydrogens is 258 g/mol. The molecule has 2 fully saturated rings. The first kappa shape index (κ1) is 15.3. The molecule has 0 bridgehead atoms. The second-order valence-electron chi connectivity index (χ2n) is 7.53. The van der Waals surface area contributed by atoms with Gasteiger partial charge in [0.25, 0.3) is 0 Å². The second kappa shape index (κ2) is 4.72. The van der Waals surface area contributed by atoms with E-state index in [1.165, 1.54) is 0 Å². The first-order valence-electron chi connectivity index (χ1n) is 7.18. The van der Waals surface area contributed by atoms with Gasteiger partial charge in [0.1, 0.15) is 12.2 Å². The highest BCUT2D eigenvalue weighted by Crippen LogP contribution is 2.46. The van der Waals surface area contributed by atoms with Crippen molar-refractivity contribution < 1.29 is 19.1 Å². The number of carbonyl (C=O) groups is 2. The molecule has 20 heavy (non-hydrogen) atoms. The van der Waals surface area contributed by atoms with Crippen LogP contribution in [0.4, 0.5) is 4.79 Å². The number of amides is 1. The third kappa shape index (κ3) is 2.82. The number of likely N-dealkylation sites (tertiary alicyclic amines) is 1. The molecule has 2 rings (SSSR count). The lowest BCUT2D eigenvalue weighted by Crippen LogP contribution is -2.58. The Morgan fingerprint density at radius 2 is 2.00 bits per heavy atom. The van der Waals surface area contributed by atoms with Crippen molar-refractivity contribution in [2.24, 2.45) is 5.41 Å². The number of carbonyl (C=O) groups excluding carboxylic acids is 2. The van der Waals surface area contributed by atoms with Gasteiger partial charge in [0, 0.05) is 24.9 Å². The van der Waals surface area contributed by atoms with E-state index in [4.69, 9.17) is 9.47 Å². The zero-order valence-corrected chi connectivity index (χ0v) is 13.1. The van der Waals surface area contributed by atoms with Crippen molar-refractivity contribution in [3.63, 3.8) is 0 Å². The molecule has 5 nitrogen and oxygen atoms in total. The van der Waals surface area contributed by atoms with Crippen LogP contribution in [0, 0.1) is 5.41 Å². The number of piperidine rings is 1. The summed E-state index contributed by atoms with van der Waals surface area (Å²) in [5.41, 5.74) is -1.16. The van der Waals surface area contributed by atoms with E-state index in [1.807, 2.05) is 20.8 Å². The molecule has 114 valence electrons. The van der Waals surface area contributed by atoms with Crippen molar-refractivity contribution >= 4 is 11.9 Å². The molecule has 2 aliphatic rings. The lowest BCUT2D eigenvalue weighted by atomic mass is 9.68. The molecule has 1 amide bonds. The lowest BCUT2D eigenvalue weighted by molar-refractivity contribution is -0.128. The predicted octanol–water partition coefficient (Wildman–Crippen LogP) is 2.38. The van der Waals surface area contributed by atoms with Gasteiger partial charge < -0.3 is 14.4 Å². The van der Waals surface area contributed by atoms with E-state index < -0.39 is 11.2 Å². The molecule has 1 atom stereocenters. The molecule has 1 spiro atoms. The van der Waals surface area contributed by atoms with E-state index in [1.54, 1.807) is 4.90 Å². The number of hydrogen-bond donors (Lipinski definition) is 0. The first-order valence-corrected chi connectivity index (χ1v) is 7.18. The normalized spacial score (nSPS) is 29.9. The van der Waals surface area contributed by atoms with Gasteiger partial charge in [-0.15, -0.1) is 0 Å². The molecule has 0 saturated carbocycles. The third-order valence-electron chi connectivity index (χ3n) is 4.25. The van der Waals surface area contributed by atoms with Crippen LogP contribution in [-0.4, -0.2) is 47.7 Å². The topological polar surface area (TPSA) is 55.8 Å². The van der Waals surface area contributed by atoms with Crippen LogP contribution in [0.15, 0.2) is 0 Å². The minimum absolute atomic E-state index is 0.156. The minimum Gasteiger partial charge on any atom is -0.444 e. The zero-order chi connectivity index (χ0) is 15.2. The van der Waals surface area contributed by atoms with Gasteiger partial charge >= 0.3 is 6.09 Å². The molecule has 2 aliphatic heterocycles. The molecule has 0 aromatic carbocycles. The van der Waals surface area contributed by atoms with Gasteiger partial charge in [-0.25, -0.2) is 4.79 Å². The fourth-order valence-corrected chi connectivity index (χ4v) is 3.07. The first-order chi connectivity index (χ1) is 9.05. The van der Waals surface area contributed by atoms with Crippen LogP contribution in [0.1, 0.15) is 47.5 Å². The van der Waals surface area contributed by atoms with Gasteiger partial charge in [-0.2, -0.15) is 0 Å². The van der Waals surface area contributed by atoms with E-state index in [-0.39, 0.29) is 23.9 Å². The largest absolute Gasteiger partial charge is 0.444 e. The number of ether oxygens (including phenoxy) is 2. The van der Waals surface area contributed by atoms with E-state index in [9.17, 15) is 9.59 Å². The van der Waals surface area contributed by atoms with Crippen LogP contribution in [0.3, 0.4) is 0 Å². The molecule has 2 heterocycles. The monoisotopic (exact) mass is 283 g/mol. The number of Topliss-reactive ketones (excluding diaryl/α,β-unsaturated/α-hetero) is 1. The Kier molecular flexibility index (Phi) is 3.61. The fourth-order valence-electron chi connectivity index (χ4n) is 3.07. The van der Waals surface area contributed by atoms with Crippen molar-refractivity contribution in [1.29, 1.82) is 0 Å². The maximum absolute atomic E-state index is 12.2. The number of nitrogens with zero attached hydrogens (tertiary/aromatic N) is 1. The number of hydrogen-bond acceptors (Lipinski definition) is 4. The molecular formula is C15H25NO4. The Morgan fingerprint density at radius 1 is 1.35 bits per heavy atom. The molecule has 0 N–H and O–H groups in total. The predicted molar refractivity (Wildman–Crippen MR) is 74.5 cm³/mol. The van der Waals surface area contributed by atoms with Crippen molar-refractivity contribution in [3.8, 4) is 0 Å². The summed E-state index contributed by atoms with van der Waals surface area (Å²) in [5, 5.41) is 0. The highest BCUT2D eigenvalue weighted by Gasteiger charge is 2.54. The minimum atomic E-state index is -0.490. The standard InChI is InChI=1S/C15H25NO4/c1-13(2,3)20-12(18)16-7-6-15(14(4,5)10-16)8-11(17)9-19-15/h6-10H2,1-5H3. The van der Waals surface area contributed by atoms with Crippen LogP contribution in [0.25, 0.3) is 0 Å². The Hall–Kier alpha value is -1.10. The smallest absolute Gasteiger partial charge is 0.410 e. The summed E-state index contributed by atoms with van der Waals surface area (Å²) in [6, 6.07) is 0. The van der Waals surface area contributed by atoms with Gasteiger partial charge in [-0.3, -0.25) is 4.79 Å². The zero-order valence-electron chi connectivity index (χ0n) is 13.1. The quantitative estimate of drug-likeness (QED) is 0.685. The van der Waals surface area contributed by atoms with Crippen molar-refractivity contribution in [2.45, 2.75) is 58.7 Å². The highest BCUT2D eigenvalue weighted by atomic mass is 16.6. The van der Waals surface area contributed by atoms with Crippen molar-refractivity contribution in [1.82, 2.24) is 4.90 Å². The maximum Gasteiger partial charge on any atom is 0.410 e. The average Bonchev–Trinajstić information content (AvgIpc) is 2.64. The van der Waals surface area contributed by atoms with Crippen LogP contribution in [0.2, 0.25) is 0 Å². The Morgan fingerprint density at radius 3 is 2.45 bits per heavy atom. The van der Waals surface area contributed by atoms with Crippen molar-refractivity contribution in [3.05, 3.63) is 0 Å². The van der Waals surface area contributed by atoms with E-state index in [0.717, 1.165) is 0 Å². The highest BCUT2D eigenvalue weighted by molar-refractivity contribution is 5.83. The van der Waals surface area contributed by atoms with Crippen LogP contribution < -0.4 is 0 Å². The lowest BCUT2D eigenvalue weighted by Gasteiger charge is -2.50. The second-order valence-corrected chi connectivity index (χ2v) is 7.53. The van der Waals surface area contributed by atoms with E-state index in [2.05, 4.69) is 13.8 Å². The molecule has 1 unspecified atom stereocenters. The Balaban J connectivity index is 2.07. The summed E-state index contributed by atoms with van der Waals surface area (Å²) in [7, 11) is 0. The SMILES string of the molecule is CC(C)(C)OC(=O)N1CCC2(CC(=O)CO2)C(C)(C)C1. The van der Waals surface area contributed by atoms with Crippen LogP contribution >= 0.6 is 0 Å². The van der Waals surface area contributed by atoms with E-state index in [0.29, 0.717) is 25.9 Å². The number of ketones is 1. The van der Waals surface area contributed by atoms with Gasteiger partial charge in [-0.1, -0.05) is 13.8 Å². The molecule has 0 aliphatic carbocycles. The van der Waals surface area contributed by atoms with Crippen molar-refractivity contribution in [2.75, 3.05) is 19.7 Å². The summed E-state index contributed by atoms with van der Waals surface area (Å²) in [6.45, 7) is 11.0. The Bertz CT molecular complexity index is 424. The molecule has 0 aromatic rings. The van der Waals surface area contributed by atoms with Crippen LogP contribution in [0.5, 0.6) is 0 Å². The third-order valence-corrected chi connectivity index (χ3v) is 4.25. The van der Waals surface area contributed by atoms with E-state index >= 15 is 0 Å². The summed E-state index contributed by atoms with van der Waals surface area (Å²) in [6.07, 6.45) is 0.859. The van der Waals surface area contributed by atoms with Gasteiger partial charge in [0.2, 0.25) is 0 Å². The van der Waals surface area contributed by atoms with Gasteiger partial charge in [-0.05, 0) is 27.2 Å². The van der Waals surface area contributed by atoms with Crippen LogP contribution in [-0.2, 0) is 14.3 Å². The molecule has 0 aromatic heterocycles. The number of rotatable bonds is 0. The Labute approximate surface area is 120 Å². The van der Waals surface area contributed by atoms with Gasteiger partial charge in [0.15, 0.2) is 5.78 Å². The molecule has 5 heteroatoms. The molecule has 2 saturated heterocycles.